The van der Waals surface area contributed by atoms with Crippen LogP contribution in [0.5, 0.6) is 0 Å². The molecule has 5 heteroatoms. The fourth-order valence-corrected chi connectivity index (χ4v) is 1.96. The van der Waals surface area contributed by atoms with Crippen molar-refractivity contribution in [3.05, 3.63) is 53.7 Å². The van der Waals surface area contributed by atoms with Crippen LogP contribution in [0.15, 0.2) is 48.1 Å². The van der Waals surface area contributed by atoms with Crippen LogP contribution in [-0.2, 0) is 0 Å². The third kappa shape index (κ3) is 3.97. The lowest BCUT2D eigenvalue weighted by molar-refractivity contribution is 1.29. The maximum atomic E-state index is 5.11. The molecule has 0 amide bonds. The van der Waals surface area contributed by atoms with Gasteiger partial charge < -0.3 is 10.6 Å². The van der Waals surface area contributed by atoms with Crippen molar-refractivity contribution in [2.75, 3.05) is 5.32 Å². The van der Waals surface area contributed by atoms with Gasteiger partial charge in [0.1, 0.15) is 0 Å². The molecular weight excluding hydrogens is 250 g/mol. The van der Waals surface area contributed by atoms with E-state index in [2.05, 4.69) is 15.6 Å². The Labute approximate surface area is 109 Å². The Bertz CT molecular complexity index is 492. The highest BCUT2D eigenvalue weighted by Gasteiger charge is 1.96. The van der Waals surface area contributed by atoms with E-state index in [0.717, 1.165) is 10.7 Å². The Morgan fingerprint density at radius 2 is 2.12 bits per heavy atom. The average molecular weight is 261 g/mol. The van der Waals surface area contributed by atoms with Crippen molar-refractivity contribution in [1.82, 2.24) is 10.3 Å². The lowest BCUT2D eigenvalue weighted by atomic mass is 10.2. The number of nitrogens with one attached hydrogen (secondary N) is 2. The molecule has 1 aromatic heterocycles. The summed E-state index contributed by atoms with van der Waals surface area (Å²) in [4.78, 5) is 4.08. The summed E-state index contributed by atoms with van der Waals surface area (Å²) in [7, 11) is 0. The van der Waals surface area contributed by atoms with Crippen LogP contribution in [-0.4, -0.2) is 10.1 Å². The van der Waals surface area contributed by atoms with Gasteiger partial charge in [0.2, 0.25) is 0 Å². The molecule has 0 spiro atoms. The third-order valence-corrected chi connectivity index (χ3v) is 2.85. The largest absolute Gasteiger partial charge is 0.339 e. The number of thiazole rings is 1. The molecule has 0 aliphatic heterocycles. The molecule has 2 aromatic rings. The van der Waals surface area contributed by atoms with Crippen molar-refractivity contribution in [3.8, 4) is 0 Å². The van der Waals surface area contributed by atoms with Crippen LogP contribution < -0.4 is 10.6 Å². The topological polar surface area (TPSA) is 37.0 Å². The Morgan fingerprint density at radius 1 is 1.29 bits per heavy atom. The first-order valence-electron chi connectivity index (χ1n) is 5.03. The number of thiocarbonyl (C=S) groups is 1. The molecule has 0 radical (unpaired) electrons. The van der Waals surface area contributed by atoms with Crippen LogP contribution in [0.2, 0.25) is 0 Å². The Hall–Kier alpha value is -1.72. The van der Waals surface area contributed by atoms with E-state index in [1.54, 1.807) is 12.4 Å². The van der Waals surface area contributed by atoms with Gasteiger partial charge in [-0.05, 0) is 23.9 Å². The van der Waals surface area contributed by atoms with Gasteiger partial charge in [0, 0.05) is 17.8 Å². The first kappa shape index (κ1) is 11.8. The van der Waals surface area contributed by atoms with Gasteiger partial charge in [-0.25, -0.2) is 4.98 Å². The molecule has 1 heterocycles. The predicted octanol–water partition coefficient (Wildman–Crippen LogP) is 3.10. The molecule has 0 aliphatic rings. The summed E-state index contributed by atoms with van der Waals surface area (Å²) in [6, 6.07) is 10.0. The Kier molecular flexibility index (Phi) is 4.23. The summed E-state index contributed by atoms with van der Waals surface area (Å²) >= 11 is 6.62. The van der Waals surface area contributed by atoms with Gasteiger partial charge >= 0.3 is 0 Å². The minimum absolute atomic E-state index is 0.534. The second kappa shape index (κ2) is 6.12. The van der Waals surface area contributed by atoms with Crippen molar-refractivity contribution >= 4 is 39.9 Å². The van der Waals surface area contributed by atoms with E-state index in [1.807, 2.05) is 41.8 Å². The number of aromatic nitrogens is 1. The van der Waals surface area contributed by atoms with Crippen molar-refractivity contribution in [2.24, 2.45) is 0 Å². The van der Waals surface area contributed by atoms with Gasteiger partial charge in [-0.15, -0.1) is 11.3 Å². The van der Waals surface area contributed by atoms with Crippen LogP contribution in [0.4, 0.5) is 5.13 Å². The minimum atomic E-state index is 0.534. The van der Waals surface area contributed by atoms with Gasteiger partial charge in [-0.2, -0.15) is 0 Å². The molecule has 0 saturated carbocycles. The van der Waals surface area contributed by atoms with Crippen LogP contribution in [0.3, 0.4) is 0 Å². The third-order valence-electron chi connectivity index (χ3n) is 1.94. The Morgan fingerprint density at radius 3 is 2.82 bits per heavy atom. The average Bonchev–Trinajstić information content (AvgIpc) is 2.83. The van der Waals surface area contributed by atoms with E-state index in [4.69, 9.17) is 12.2 Å². The molecule has 0 aliphatic carbocycles. The quantitative estimate of drug-likeness (QED) is 0.833. The van der Waals surface area contributed by atoms with E-state index in [0.29, 0.717) is 5.11 Å². The maximum Gasteiger partial charge on any atom is 0.188 e. The highest BCUT2D eigenvalue weighted by Crippen LogP contribution is 2.09. The predicted molar refractivity (Wildman–Crippen MR) is 76.9 cm³/mol. The van der Waals surface area contributed by atoms with Crippen LogP contribution >= 0.6 is 23.6 Å². The highest BCUT2D eigenvalue weighted by atomic mass is 32.1. The lowest BCUT2D eigenvalue weighted by Crippen LogP contribution is -2.23. The molecular formula is C12H11N3S2. The molecule has 1 aromatic carbocycles. The molecule has 0 unspecified atom stereocenters. The highest BCUT2D eigenvalue weighted by molar-refractivity contribution is 7.80. The number of hydrogen-bond acceptors (Lipinski definition) is 3. The van der Waals surface area contributed by atoms with Crippen molar-refractivity contribution in [3.63, 3.8) is 0 Å². The molecule has 2 rings (SSSR count). The summed E-state index contributed by atoms with van der Waals surface area (Å²) in [5.74, 6) is 0. The molecule has 2 N–H and O–H groups in total. The van der Waals surface area contributed by atoms with Crippen molar-refractivity contribution < 1.29 is 0 Å². The molecule has 3 nitrogen and oxygen atoms in total. The van der Waals surface area contributed by atoms with E-state index >= 15 is 0 Å². The van der Waals surface area contributed by atoms with Crippen LogP contribution in [0, 0.1) is 0 Å². The maximum absolute atomic E-state index is 5.11. The molecule has 0 saturated heterocycles. The molecule has 17 heavy (non-hydrogen) atoms. The smallest absolute Gasteiger partial charge is 0.188 e. The van der Waals surface area contributed by atoms with E-state index in [1.165, 1.54) is 11.3 Å². The van der Waals surface area contributed by atoms with Crippen LogP contribution in [0.1, 0.15) is 5.56 Å². The van der Waals surface area contributed by atoms with Gasteiger partial charge in [0.05, 0.1) is 0 Å². The van der Waals surface area contributed by atoms with E-state index < -0.39 is 0 Å². The van der Waals surface area contributed by atoms with E-state index in [9.17, 15) is 0 Å². The second-order valence-corrected chi connectivity index (χ2v) is 4.48. The zero-order valence-electron chi connectivity index (χ0n) is 8.96. The summed E-state index contributed by atoms with van der Waals surface area (Å²) in [5, 5.41) is 9.18. The summed E-state index contributed by atoms with van der Waals surface area (Å²) in [5.41, 5.74) is 1.12. The van der Waals surface area contributed by atoms with Crippen LogP contribution in [0.25, 0.3) is 6.08 Å². The zero-order valence-corrected chi connectivity index (χ0v) is 10.6. The summed E-state index contributed by atoms with van der Waals surface area (Å²) in [6.07, 6.45) is 5.49. The lowest BCUT2D eigenvalue weighted by Gasteiger charge is -2.03. The fourth-order valence-electron chi connectivity index (χ4n) is 1.20. The monoisotopic (exact) mass is 261 g/mol. The minimum Gasteiger partial charge on any atom is -0.339 e. The Balaban J connectivity index is 1.82. The first-order valence-corrected chi connectivity index (χ1v) is 6.32. The SMILES string of the molecule is S=C(NC=Cc1ccccc1)Nc1nccs1. The van der Waals surface area contributed by atoms with Gasteiger partial charge in [0.15, 0.2) is 10.2 Å². The van der Waals surface area contributed by atoms with Crippen molar-refractivity contribution in [2.45, 2.75) is 0 Å². The van der Waals surface area contributed by atoms with Gasteiger partial charge in [-0.1, -0.05) is 30.3 Å². The van der Waals surface area contributed by atoms with Gasteiger partial charge in [0.25, 0.3) is 0 Å². The molecule has 0 atom stereocenters. The second-order valence-electron chi connectivity index (χ2n) is 3.18. The number of hydrogen-bond donors (Lipinski definition) is 2. The standard InChI is InChI=1S/C12H11N3S2/c16-11(15-12-14-8-9-17-12)13-7-6-10-4-2-1-3-5-10/h1-9H,(H2,13,14,15,16). The number of rotatable bonds is 3. The number of anilines is 1. The summed E-state index contributed by atoms with van der Waals surface area (Å²) < 4.78 is 0. The summed E-state index contributed by atoms with van der Waals surface area (Å²) in [6.45, 7) is 0. The molecule has 86 valence electrons. The number of benzene rings is 1. The fraction of sp³-hybridized carbons (Fsp3) is 0. The molecule has 0 bridgehead atoms. The van der Waals surface area contributed by atoms with E-state index in [-0.39, 0.29) is 0 Å². The van der Waals surface area contributed by atoms with Gasteiger partial charge in [-0.3, -0.25) is 0 Å². The molecule has 0 fully saturated rings. The zero-order chi connectivity index (χ0) is 11.9. The van der Waals surface area contributed by atoms with Crippen molar-refractivity contribution in [1.29, 1.82) is 0 Å². The normalized spacial score (nSPS) is 10.4. The number of nitrogens with zero attached hydrogens (tertiary/aromatic N) is 1. The first-order chi connectivity index (χ1) is 8.34.